The highest BCUT2D eigenvalue weighted by molar-refractivity contribution is 8.18. The molecule has 1 fully saturated rings. The van der Waals surface area contributed by atoms with Gasteiger partial charge in [0.05, 0.1) is 11.5 Å². The lowest BCUT2D eigenvalue weighted by Gasteiger charge is -2.10. The summed E-state index contributed by atoms with van der Waals surface area (Å²) in [5.41, 5.74) is 0.867. The minimum Gasteiger partial charge on any atom is -0.465 e. The molecule has 0 radical (unpaired) electrons. The summed E-state index contributed by atoms with van der Waals surface area (Å²) >= 11 is 2.34. The molecule has 2 rings (SSSR count). The van der Waals surface area contributed by atoms with E-state index in [4.69, 9.17) is 4.74 Å². The maximum Gasteiger partial charge on any atom is 0.326 e. The molecular weight excluding hydrogens is 286 g/mol. The van der Waals surface area contributed by atoms with E-state index in [1.807, 2.05) is 16.8 Å². The SMILES string of the molecule is CCOC(=O)CN1C(=O)S/C(=C\c2ccsc2)C1=O. The lowest BCUT2D eigenvalue weighted by atomic mass is 10.3. The van der Waals surface area contributed by atoms with Crippen LogP contribution in [0.1, 0.15) is 12.5 Å². The van der Waals surface area contributed by atoms with Crippen molar-refractivity contribution in [2.45, 2.75) is 6.92 Å². The van der Waals surface area contributed by atoms with E-state index in [2.05, 4.69) is 0 Å². The molecule has 5 nitrogen and oxygen atoms in total. The summed E-state index contributed by atoms with van der Waals surface area (Å²) in [6.45, 7) is 1.56. The maximum atomic E-state index is 12.0. The van der Waals surface area contributed by atoms with Gasteiger partial charge >= 0.3 is 5.97 Å². The van der Waals surface area contributed by atoms with E-state index in [0.29, 0.717) is 4.91 Å². The molecule has 1 aliphatic rings. The van der Waals surface area contributed by atoms with Gasteiger partial charge < -0.3 is 4.74 Å². The first-order chi connectivity index (χ1) is 9.11. The molecule has 19 heavy (non-hydrogen) atoms. The Kier molecular flexibility index (Phi) is 4.39. The van der Waals surface area contributed by atoms with Crippen LogP contribution >= 0.6 is 23.1 Å². The smallest absolute Gasteiger partial charge is 0.326 e. The minimum absolute atomic E-state index is 0.222. The number of nitrogens with zero attached hydrogens (tertiary/aromatic N) is 1. The van der Waals surface area contributed by atoms with Crippen LogP contribution in [0.4, 0.5) is 4.79 Å². The van der Waals surface area contributed by atoms with Gasteiger partial charge in [-0.3, -0.25) is 19.3 Å². The van der Waals surface area contributed by atoms with Crippen LogP contribution in [0.3, 0.4) is 0 Å². The molecule has 0 saturated carbocycles. The normalized spacial score (nSPS) is 17.3. The standard InChI is InChI=1S/C12H11NO4S2/c1-2-17-10(14)6-13-11(15)9(19-12(13)16)5-8-3-4-18-7-8/h3-5,7H,2,6H2,1H3/b9-5-. The average Bonchev–Trinajstić information content (AvgIpc) is 2.95. The van der Waals surface area contributed by atoms with Crippen LogP contribution in [-0.2, 0) is 14.3 Å². The third-order valence-corrected chi connectivity index (χ3v) is 3.92. The minimum atomic E-state index is -0.582. The second kappa shape index (κ2) is 6.03. The van der Waals surface area contributed by atoms with E-state index in [1.54, 1.807) is 13.0 Å². The van der Waals surface area contributed by atoms with Crippen molar-refractivity contribution in [2.24, 2.45) is 0 Å². The molecule has 0 aromatic carbocycles. The van der Waals surface area contributed by atoms with E-state index in [0.717, 1.165) is 22.2 Å². The van der Waals surface area contributed by atoms with Crippen molar-refractivity contribution in [1.29, 1.82) is 0 Å². The van der Waals surface area contributed by atoms with Gasteiger partial charge in [-0.15, -0.1) is 0 Å². The summed E-state index contributed by atoms with van der Waals surface area (Å²) in [4.78, 5) is 36.2. The lowest BCUT2D eigenvalue weighted by molar-refractivity contribution is -0.145. The van der Waals surface area contributed by atoms with Crippen LogP contribution < -0.4 is 0 Å². The maximum absolute atomic E-state index is 12.0. The molecule has 0 bridgehead atoms. The van der Waals surface area contributed by atoms with Crippen molar-refractivity contribution in [3.63, 3.8) is 0 Å². The Bertz CT molecular complexity index is 536. The van der Waals surface area contributed by atoms with Crippen LogP contribution in [0, 0.1) is 0 Å². The first-order valence-corrected chi connectivity index (χ1v) is 7.31. The van der Waals surface area contributed by atoms with Crippen LogP contribution in [0.25, 0.3) is 6.08 Å². The van der Waals surface area contributed by atoms with Gasteiger partial charge in [0.15, 0.2) is 0 Å². The predicted octanol–water partition coefficient (Wildman–Crippen LogP) is 2.35. The first kappa shape index (κ1) is 13.8. The molecule has 0 N–H and O–H groups in total. The summed E-state index contributed by atoms with van der Waals surface area (Å²) in [7, 11) is 0. The van der Waals surface area contributed by atoms with E-state index < -0.39 is 17.1 Å². The van der Waals surface area contributed by atoms with Crippen molar-refractivity contribution in [2.75, 3.05) is 13.2 Å². The number of esters is 1. The highest BCUT2D eigenvalue weighted by Gasteiger charge is 2.36. The van der Waals surface area contributed by atoms with Crippen molar-refractivity contribution in [3.05, 3.63) is 27.3 Å². The van der Waals surface area contributed by atoms with Crippen molar-refractivity contribution < 1.29 is 19.1 Å². The zero-order chi connectivity index (χ0) is 13.8. The second-order valence-corrected chi connectivity index (χ2v) is 5.40. The van der Waals surface area contributed by atoms with Crippen LogP contribution in [0.5, 0.6) is 0 Å². The fourth-order valence-corrected chi connectivity index (χ4v) is 2.94. The first-order valence-electron chi connectivity index (χ1n) is 5.55. The zero-order valence-electron chi connectivity index (χ0n) is 10.1. The number of imide groups is 1. The number of carbonyl (C=O) groups is 3. The molecule has 1 aromatic heterocycles. The van der Waals surface area contributed by atoms with Crippen molar-refractivity contribution in [1.82, 2.24) is 4.90 Å². The quantitative estimate of drug-likeness (QED) is 0.630. The van der Waals surface area contributed by atoms with E-state index in [-0.39, 0.29) is 13.2 Å². The van der Waals surface area contributed by atoms with E-state index in [1.165, 1.54) is 11.3 Å². The van der Waals surface area contributed by atoms with Gasteiger partial charge in [0, 0.05) is 0 Å². The Morgan fingerprint density at radius 2 is 2.26 bits per heavy atom. The number of thioether (sulfide) groups is 1. The Balaban J connectivity index is 2.10. The number of carbonyl (C=O) groups excluding carboxylic acids is 3. The summed E-state index contributed by atoms with van der Waals surface area (Å²) in [5, 5.41) is 3.31. The van der Waals surface area contributed by atoms with Crippen molar-refractivity contribution in [3.8, 4) is 0 Å². The van der Waals surface area contributed by atoms with Crippen LogP contribution in [-0.4, -0.2) is 35.2 Å². The van der Waals surface area contributed by atoms with Gasteiger partial charge in [0.2, 0.25) is 0 Å². The van der Waals surface area contributed by atoms with Gasteiger partial charge in [0.1, 0.15) is 6.54 Å². The van der Waals surface area contributed by atoms with Gasteiger partial charge in [-0.25, -0.2) is 0 Å². The molecule has 0 spiro atoms. The van der Waals surface area contributed by atoms with Gasteiger partial charge in [-0.2, -0.15) is 11.3 Å². The molecular formula is C12H11NO4S2. The number of thiophene rings is 1. The number of ether oxygens (including phenoxy) is 1. The van der Waals surface area contributed by atoms with E-state index >= 15 is 0 Å². The Labute approximate surface area is 118 Å². The third kappa shape index (κ3) is 3.24. The number of amides is 2. The summed E-state index contributed by atoms with van der Waals surface area (Å²) in [5.74, 6) is -1.03. The fraction of sp³-hybridized carbons (Fsp3) is 0.250. The topological polar surface area (TPSA) is 63.7 Å². The molecule has 0 unspecified atom stereocenters. The number of rotatable bonds is 4. The van der Waals surface area contributed by atoms with Crippen LogP contribution in [0.15, 0.2) is 21.7 Å². The Hall–Kier alpha value is -1.60. The van der Waals surface area contributed by atoms with Crippen LogP contribution in [0.2, 0.25) is 0 Å². The molecule has 0 atom stereocenters. The fourth-order valence-electron chi connectivity index (χ4n) is 1.48. The number of hydrogen-bond acceptors (Lipinski definition) is 6. The second-order valence-electron chi connectivity index (χ2n) is 3.63. The molecule has 100 valence electrons. The van der Waals surface area contributed by atoms with Gasteiger partial charge in [0.25, 0.3) is 11.1 Å². The highest BCUT2D eigenvalue weighted by atomic mass is 32.2. The summed E-state index contributed by atoms with van der Waals surface area (Å²) in [6, 6.07) is 1.85. The summed E-state index contributed by atoms with van der Waals surface area (Å²) < 4.78 is 4.73. The van der Waals surface area contributed by atoms with E-state index in [9.17, 15) is 14.4 Å². The number of hydrogen-bond donors (Lipinski definition) is 0. The lowest BCUT2D eigenvalue weighted by Crippen LogP contribution is -2.34. The predicted molar refractivity (Wildman–Crippen MR) is 73.6 cm³/mol. The molecule has 2 amide bonds. The Morgan fingerprint density at radius 3 is 2.89 bits per heavy atom. The monoisotopic (exact) mass is 297 g/mol. The van der Waals surface area contributed by atoms with Gasteiger partial charge in [-0.1, -0.05) is 0 Å². The third-order valence-electron chi connectivity index (χ3n) is 2.31. The highest BCUT2D eigenvalue weighted by Crippen LogP contribution is 2.32. The molecule has 1 saturated heterocycles. The average molecular weight is 297 g/mol. The Morgan fingerprint density at radius 1 is 1.47 bits per heavy atom. The molecule has 7 heteroatoms. The van der Waals surface area contributed by atoms with Crippen molar-refractivity contribution >= 4 is 46.3 Å². The van der Waals surface area contributed by atoms with Gasteiger partial charge in [-0.05, 0) is 47.2 Å². The zero-order valence-corrected chi connectivity index (χ0v) is 11.8. The largest absolute Gasteiger partial charge is 0.465 e. The molecule has 0 aliphatic carbocycles. The molecule has 1 aliphatic heterocycles. The summed E-state index contributed by atoms with van der Waals surface area (Å²) in [6.07, 6.45) is 1.65. The molecule has 2 heterocycles. The molecule has 1 aromatic rings.